The zero-order chi connectivity index (χ0) is 23.1. The average molecular weight is 449 g/mol. The summed E-state index contributed by atoms with van der Waals surface area (Å²) in [6.45, 7) is 6.98. The molecule has 2 aromatic rings. The molecule has 2 aromatic carbocycles. The molecule has 0 spiro atoms. The molecule has 2 rings (SSSR count). The van der Waals surface area contributed by atoms with Crippen LogP contribution in [0.5, 0.6) is 0 Å². The number of hydrogen-bond donors (Lipinski definition) is 1. The van der Waals surface area contributed by atoms with Gasteiger partial charge in [0.15, 0.2) is 0 Å². The molecular weight excluding hydrogens is 420 g/mol. The number of carbonyl (C=O) groups excluding carboxylic acids is 2. The van der Waals surface area contributed by atoms with Crippen LogP contribution in [0.2, 0.25) is 0 Å². The molecule has 168 valence electrons. The van der Waals surface area contributed by atoms with Crippen LogP contribution in [0.25, 0.3) is 0 Å². The average Bonchev–Trinajstić information content (AvgIpc) is 2.71. The lowest BCUT2D eigenvalue weighted by atomic mass is 10.1. The lowest BCUT2D eigenvalue weighted by molar-refractivity contribution is -0.169. The zero-order valence-electron chi connectivity index (χ0n) is 18.1. The first-order chi connectivity index (χ1) is 14.5. The molecular formula is C22H28N2O6S. The van der Waals surface area contributed by atoms with Crippen LogP contribution < -0.4 is 5.32 Å². The largest absolute Gasteiger partial charge is 0.459 e. The third-order valence-corrected chi connectivity index (χ3v) is 5.52. The van der Waals surface area contributed by atoms with E-state index >= 15 is 0 Å². The van der Waals surface area contributed by atoms with Gasteiger partial charge in [0, 0.05) is 0 Å². The van der Waals surface area contributed by atoms with Crippen molar-refractivity contribution in [2.45, 2.75) is 50.7 Å². The smallest absolute Gasteiger partial charge is 0.441 e. The van der Waals surface area contributed by atoms with Crippen molar-refractivity contribution in [1.82, 2.24) is 9.79 Å². The maximum absolute atomic E-state index is 13.1. The second-order valence-electron chi connectivity index (χ2n) is 7.74. The fourth-order valence-electron chi connectivity index (χ4n) is 2.65. The molecule has 1 atom stereocenters. The van der Waals surface area contributed by atoms with Crippen molar-refractivity contribution in [3.8, 4) is 0 Å². The van der Waals surface area contributed by atoms with E-state index in [0.717, 1.165) is 5.56 Å². The third kappa shape index (κ3) is 7.08. The maximum atomic E-state index is 13.1. The summed E-state index contributed by atoms with van der Waals surface area (Å²) in [6.07, 6.45) is -1.05. The summed E-state index contributed by atoms with van der Waals surface area (Å²) in [6, 6.07) is 15.5. The lowest BCUT2D eigenvalue weighted by Gasteiger charge is -2.26. The summed E-state index contributed by atoms with van der Waals surface area (Å²) < 4.78 is 31.3. The molecule has 0 bridgehead atoms. The Morgan fingerprint density at radius 2 is 1.55 bits per heavy atom. The van der Waals surface area contributed by atoms with Gasteiger partial charge in [0.1, 0.15) is 11.6 Å². The molecule has 0 heterocycles. The fraction of sp³-hybridized carbons (Fsp3) is 0.364. The monoisotopic (exact) mass is 448 g/mol. The number of nitrogens with one attached hydrogen (secondary N) is 1. The standard InChI is InChI=1S/C22H28N2O6S/c1-5-23-19(16-17-12-8-6-9-13-17)20(25)30-24(21(26)29-22(2,3)4)31(27,28)18-14-10-7-11-15-18/h6-15,19,23H,5,16H2,1-4H3/t19-/m0/s1. The predicted octanol–water partition coefficient (Wildman–Crippen LogP) is 3.29. The molecule has 0 aliphatic rings. The van der Waals surface area contributed by atoms with Crippen molar-refractivity contribution < 1.29 is 27.6 Å². The Labute approximate surface area is 183 Å². The molecule has 8 nitrogen and oxygen atoms in total. The van der Waals surface area contributed by atoms with E-state index in [-0.39, 0.29) is 15.8 Å². The van der Waals surface area contributed by atoms with E-state index in [4.69, 9.17) is 9.57 Å². The molecule has 0 aliphatic carbocycles. The van der Waals surface area contributed by atoms with Crippen molar-refractivity contribution in [2.24, 2.45) is 0 Å². The molecule has 31 heavy (non-hydrogen) atoms. The predicted molar refractivity (Wildman–Crippen MR) is 115 cm³/mol. The van der Waals surface area contributed by atoms with Crippen LogP contribution in [0.3, 0.4) is 0 Å². The molecule has 1 amide bonds. The quantitative estimate of drug-likeness (QED) is 0.649. The van der Waals surface area contributed by atoms with Gasteiger partial charge in [0.25, 0.3) is 0 Å². The van der Waals surface area contributed by atoms with E-state index in [1.54, 1.807) is 33.8 Å². The van der Waals surface area contributed by atoms with Crippen molar-refractivity contribution in [1.29, 1.82) is 0 Å². The second-order valence-corrected chi connectivity index (χ2v) is 9.49. The summed E-state index contributed by atoms with van der Waals surface area (Å²) in [4.78, 5) is 30.5. The van der Waals surface area contributed by atoms with Gasteiger partial charge in [-0.25, -0.2) is 9.59 Å². The van der Waals surface area contributed by atoms with Gasteiger partial charge in [-0.1, -0.05) is 55.5 Å². The van der Waals surface area contributed by atoms with Gasteiger partial charge >= 0.3 is 22.1 Å². The number of hydroxylamine groups is 1. The number of likely N-dealkylation sites (N-methyl/N-ethyl adjacent to an activating group) is 1. The minimum Gasteiger partial charge on any atom is -0.441 e. The first-order valence-corrected chi connectivity index (χ1v) is 11.3. The number of carbonyl (C=O) groups is 2. The minimum absolute atomic E-state index is 0.0191. The van der Waals surface area contributed by atoms with Crippen molar-refractivity contribution >= 4 is 22.1 Å². The first-order valence-electron chi connectivity index (χ1n) is 9.87. The van der Waals surface area contributed by atoms with Crippen LogP contribution in [0, 0.1) is 0 Å². The van der Waals surface area contributed by atoms with Gasteiger partial charge in [0.05, 0.1) is 4.90 Å². The van der Waals surface area contributed by atoms with Crippen LogP contribution in [0.4, 0.5) is 4.79 Å². The minimum atomic E-state index is -4.50. The van der Waals surface area contributed by atoms with Crippen molar-refractivity contribution in [2.75, 3.05) is 6.54 Å². The summed E-state index contributed by atoms with van der Waals surface area (Å²) in [7, 11) is -4.50. The molecule has 0 radical (unpaired) electrons. The Balaban J connectivity index is 2.34. The van der Waals surface area contributed by atoms with Crippen LogP contribution in [-0.4, -0.2) is 43.1 Å². The van der Waals surface area contributed by atoms with Crippen molar-refractivity contribution in [3.05, 3.63) is 66.2 Å². The van der Waals surface area contributed by atoms with E-state index in [1.807, 2.05) is 30.3 Å². The number of sulfonamides is 1. The number of benzene rings is 2. The van der Waals surface area contributed by atoms with E-state index in [9.17, 15) is 18.0 Å². The van der Waals surface area contributed by atoms with E-state index in [0.29, 0.717) is 6.54 Å². The fourth-order valence-corrected chi connectivity index (χ4v) is 3.75. The molecule has 0 unspecified atom stereocenters. The van der Waals surface area contributed by atoms with Gasteiger partial charge in [0.2, 0.25) is 0 Å². The van der Waals surface area contributed by atoms with Gasteiger partial charge in [-0.2, -0.15) is 8.42 Å². The summed E-state index contributed by atoms with van der Waals surface area (Å²) in [5, 5.41) is 2.97. The highest BCUT2D eigenvalue weighted by molar-refractivity contribution is 7.89. The Morgan fingerprint density at radius 1 is 1.00 bits per heavy atom. The number of hydrogen-bond acceptors (Lipinski definition) is 7. The zero-order valence-corrected chi connectivity index (χ0v) is 18.9. The second kappa shape index (κ2) is 10.4. The summed E-state index contributed by atoms with van der Waals surface area (Å²) in [5.41, 5.74) is -0.154. The molecule has 0 saturated heterocycles. The maximum Gasteiger partial charge on any atom is 0.459 e. The third-order valence-electron chi connectivity index (χ3n) is 3.99. The van der Waals surface area contributed by atoms with Gasteiger partial charge in [-0.15, -0.1) is 0 Å². The van der Waals surface area contributed by atoms with E-state index in [1.165, 1.54) is 24.3 Å². The van der Waals surface area contributed by atoms with Gasteiger partial charge in [-0.05, 0) is 55.9 Å². The summed E-state index contributed by atoms with van der Waals surface area (Å²) >= 11 is 0. The Bertz CT molecular complexity index is 972. The van der Waals surface area contributed by atoms with Crippen LogP contribution >= 0.6 is 0 Å². The first kappa shape index (κ1) is 24.4. The molecule has 1 N–H and O–H groups in total. The SMILES string of the molecule is CCN[C@@H](Cc1ccccc1)C(=O)ON(C(=O)OC(C)(C)C)S(=O)(=O)c1ccccc1. The van der Waals surface area contributed by atoms with Gasteiger partial charge < -0.3 is 14.9 Å². The molecule has 0 aromatic heterocycles. The number of ether oxygens (including phenoxy) is 1. The Hall–Kier alpha value is -2.91. The summed E-state index contributed by atoms with van der Waals surface area (Å²) in [5.74, 6) is -0.920. The van der Waals surface area contributed by atoms with Gasteiger partial charge in [-0.3, -0.25) is 0 Å². The molecule has 0 fully saturated rings. The molecule has 0 saturated carbocycles. The van der Waals surface area contributed by atoms with Crippen LogP contribution in [-0.2, 0) is 30.8 Å². The molecule has 9 heteroatoms. The topological polar surface area (TPSA) is 102 Å². The van der Waals surface area contributed by atoms with Crippen LogP contribution in [0.1, 0.15) is 33.3 Å². The normalized spacial score (nSPS) is 12.6. The number of rotatable bonds is 7. The van der Waals surface area contributed by atoms with Crippen molar-refractivity contribution in [3.63, 3.8) is 0 Å². The lowest BCUT2D eigenvalue weighted by Crippen LogP contribution is -2.47. The Kier molecular flexibility index (Phi) is 8.18. The number of amides is 1. The highest BCUT2D eigenvalue weighted by Gasteiger charge is 2.38. The van der Waals surface area contributed by atoms with E-state index in [2.05, 4.69) is 5.32 Å². The Morgan fingerprint density at radius 3 is 2.06 bits per heavy atom. The van der Waals surface area contributed by atoms with Crippen LogP contribution in [0.15, 0.2) is 65.6 Å². The molecule has 0 aliphatic heterocycles. The van der Waals surface area contributed by atoms with E-state index < -0.39 is 33.7 Å². The highest BCUT2D eigenvalue weighted by atomic mass is 32.2. The number of nitrogens with zero attached hydrogens (tertiary/aromatic N) is 1. The highest BCUT2D eigenvalue weighted by Crippen LogP contribution is 2.20.